The van der Waals surface area contributed by atoms with Crippen LogP contribution in [0.1, 0.15) is 19.3 Å². The molecule has 1 saturated heterocycles. The maximum atomic E-state index is 10.8. The molecule has 2 rings (SSSR count). The number of hydrogen-bond acceptors (Lipinski definition) is 2. The molecule has 1 aliphatic rings. The van der Waals surface area contributed by atoms with E-state index in [0.29, 0.717) is 0 Å². The number of para-hydroxylation sites is 1. The Bertz CT molecular complexity index is 313. The van der Waals surface area contributed by atoms with Gasteiger partial charge in [0.25, 0.3) is 0 Å². The van der Waals surface area contributed by atoms with Gasteiger partial charge in [0.1, 0.15) is 5.75 Å². The fraction of sp³-hybridized carbons (Fsp3) is 0.417. The zero-order chi connectivity index (χ0) is 10.5. The molecule has 1 unspecified atom stereocenters. The molecule has 15 heavy (non-hydrogen) atoms. The van der Waals surface area contributed by atoms with Gasteiger partial charge in [0.15, 0.2) is 6.23 Å². The third-order valence-electron chi connectivity index (χ3n) is 2.64. The van der Waals surface area contributed by atoms with E-state index in [1.807, 2.05) is 30.3 Å². The van der Waals surface area contributed by atoms with Crippen LogP contribution >= 0.6 is 0 Å². The number of hydrogen-bond donors (Lipinski definition) is 0. The molecule has 80 valence electrons. The number of nitrogens with zero attached hydrogens (tertiary/aromatic N) is 1. The summed E-state index contributed by atoms with van der Waals surface area (Å²) >= 11 is 0. The molecule has 1 heterocycles. The van der Waals surface area contributed by atoms with Crippen molar-refractivity contribution in [1.82, 2.24) is 4.90 Å². The Kier molecular flexibility index (Phi) is 3.22. The third kappa shape index (κ3) is 2.49. The summed E-state index contributed by atoms with van der Waals surface area (Å²) in [6.45, 7) is 0.807. The summed E-state index contributed by atoms with van der Waals surface area (Å²) in [5.41, 5.74) is 0. The first kappa shape index (κ1) is 10.0. The molecule has 3 heteroatoms. The van der Waals surface area contributed by atoms with Crippen molar-refractivity contribution >= 4 is 6.41 Å². The molecule has 1 fully saturated rings. The molecular formula is C12H15NO2. The Labute approximate surface area is 89.7 Å². The molecule has 0 saturated carbocycles. The number of likely N-dealkylation sites (tertiary alicyclic amines) is 1. The number of benzene rings is 1. The summed E-state index contributed by atoms with van der Waals surface area (Å²) < 4.78 is 5.75. The molecular weight excluding hydrogens is 190 g/mol. The lowest BCUT2D eigenvalue weighted by Crippen LogP contribution is -2.42. The number of piperidine rings is 1. The van der Waals surface area contributed by atoms with Crippen molar-refractivity contribution in [2.45, 2.75) is 25.5 Å². The molecule has 0 aliphatic carbocycles. The molecule has 0 spiro atoms. The Hall–Kier alpha value is -1.51. The maximum Gasteiger partial charge on any atom is 0.212 e. The Balaban J connectivity index is 2.00. The van der Waals surface area contributed by atoms with Crippen LogP contribution in [-0.4, -0.2) is 24.1 Å². The van der Waals surface area contributed by atoms with Crippen LogP contribution in [0.4, 0.5) is 0 Å². The largest absolute Gasteiger partial charge is 0.470 e. The number of carbonyl (C=O) groups excluding carboxylic acids is 1. The molecule has 0 N–H and O–H groups in total. The van der Waals surface area contributed by atoms with Crippen LogP contribution in [0.3, 0.4) is 0 Å². The smallest absolute Gasteiger partial charge is 0.212 e. The van der Waals surface area contributed by atoms with Gasteiger partial charge >= 0.3 is 0 Å². The summed E-state index contributed by atoms with van der Waals surface area (Å²) in [6.07, 6.45) is 3.92. The number of ether oxygens (including phenoxy) is 1. The second-order valence-corrected chi connectivity index (χ2v) is 3.72. The highest BCUT2D eigenvalue weighted by molar-refractivity contribution is 5.47. The minimum absolute atomic E-state index is 0.0846. The number of amides is 1. The zero-order valence-electron chi connectivity index (χ0n) is 8.63. The zero-order valence-corrected chi connectivity index (χ0v) is 8.63. The second-order valence-electron chi connectivity index (χ2n) is 3.72. The summed E-state index contributed by atoms with van der Waals surface area (Å²) in [6, 6.07) is 9.65. The molecule has 1 amide bonds. The van der Waals surface area contributed by atoms with Gasteiger partial charge in [-0.05, 0) is 25.0 Å². The monoisotopic (exact) mass is 205 g/mol. The summed E-state index contributed by atoms with van der Waals surface area (Å²) in [7, 11) is 0. The maximum absolute atomic E-state index is 10.8. The van der Waals surface area contributed by atoms with E-state index < -0.39 is 0 Å². The van der Waals surface area contributed by atoms with Crippen molar-refractivity contribution in [3.63, 3.8) is 0 Å². The highest BCUT2D eigenvalue weighted by Gasteiger charge is 2.21. The average molecular weight is 205 g/mol. The fourth-order valence-electron chi connectivity index (χ4n) is 1.83. The van der Waals surface area contributed by atoms with E-state index in [-0.39, 0.29) is 6.23 Å². The van der Waals surface area contributed by atoms with Crippen LogP contribution in [0, 0.1) is 0 Å². The molecule has 1 aromatic rings. The molecule has 1 atom stereocenters. The third-order valence-corrected chi connectivity index (χ3v) is 2.64. The van der Waals surface area contributed by atoms with Crippen LogP contribution < -0.4 is 4.74 Å². The van der Waals surface area contributed by atoms with Crippen LogP contribution in [0.25, 0.3) is 0 Å². The van der Waals surface area contributed by atoms with Crippen molar-refractivity contribution in [3.8, 4) is 5.75 Å². The minimum atomic E-state index is -0.0846. The Morgan fingerprint density at radius 2 is 2.07 bits per heavy atom. The summed E-state index contributed by atoms with van der Waals surface area (Å²) in [4.78, 5) is 12.5. The normalized spacial score (nSPS) is 21.1. The topological polar surface area (TPSA) is 29.5 Å². The van der Waals surface area contributed by atoms with Crippen molar-refractivity contribution in [3.05, 3.63) is 30.3 Å². The summed E-state index contributed by atoms with van der Waals surface area (Å²) in [5, 5.41) is 0. The van der Waals surface area contributed by atoms with E-state index in [1.165, 1.54) is 0 Å². The lowest BCUT2D eigenvalue weighted by atomic mass is 10.1. The first-order valence-electron chi connectivity index (χ1n) is 5.33. The predicted octanol–water partition coefficient (Wildman–Crippen LogP) is 2.03. The molecule has 0 aromatic heterocycles. The van der Waals surface area contributed by atoms with Gasteiger partial charge in [-0.1, -0.05) is 18.2 Å². The predicted molar refractivity (Wildman–Crippen MR) is 57.5 cm³/mol. The van der Waals surface area contributed by atoms with Crippen molar-refractivity contribution in [2.75, 3.05) is 6.54 Å². The van der Waals surface area contributed by atoms with Crippen molar-refractivity contribution in [1.29, 1.82) is 0 Å². The summed E-state index contributed by atoms with van der Waals surface area (Å²) in [5.74, 6) is 0.830. The second kappa shape index (κ2) is 4.82. The van der Waals surface area contributed by atoms with Gasteiger partial charge in [-0.2, -0.15) is 0 Å². The van der Waals surface area contributed by atoms with E-state index in [1.54, 1.807) is 4.90 Å². The van der Waals surface area contributed by atoms with Crippen molar-refractivity contribution in [2.24, 2.45) is 0 Å². The molecule has 1 aromatic carbocycles. The first-order valence-corrected chi connectivity index (χ1v) is 5.33. The van der Waals surface area contributed by atoms with Crippen molar-refractivity contribution < 1.29 is 9.53 Å². The lowest BCUT2D eigenvalue weighted by molar-refractivity contribution is -0.128. The van der Waals surface area contributed by atoms with Gasteiger partial charge in [0, 0.05) is 13.0 Å². The van der Waals surface area contributed by atoms with Gasteiger partial charge in [0.05, 0.1) is 0 Å². The van der Waals surface area contributed by atoms with E-state index in [0.717, 1.165) is 38.0 Å². The van der Waals surface area contributed by atoms with Gasteiger partial charge < -0.3 is 9.64 Å². The Morgan fingerprint density at radius 3 is 2.80 bits per heavy atom. The molecule has 3 nitrogen and oxygen atoms in total. The van der Waals surface area contributed by atoms with E-state index in [9.17, 15) is 4.79 Å². The number of carbonyl (C=O) groups is 1. The Morgan fingerprint density at radius 1 is 1.27 bits per heavy atom. The molecule has 1 aliphatic heterocycles. The minimum Gasteiger partial charge on any atom is -0.470 e. The van der Waals surface area contributed by atoms with E-state index >= 15 is 0 Å². The van der Waals surface area contributed by atoms with E-state index in [2.05, 4.69) is 0 Å². The van der Waals surface area contributed by atoms with Gasteiger partial charge in [-0.15, -0.1) is 0 Å². The van der Waals surface area contributed by atoms with Crippen LogP contribution in [0.5, 0.6) is 5.75 Å². The lowest BCUT2D eigenvalue weighted by Gasteiger charge is -2.32. The van der Waals surface area contributed by atoms with Gasteiger partial charge in [0.2, 0.25) is 6.41 Å². The van der Waals surface area contributed by atoms with Crippen LogP contribution in [0.2, 0.25) is 0 Å². The van der Waals surface area contributed by atoms with Crippen LogP contribution in [-0.2, 0) is 4.79 Å². The van der Waals surface area contributed by atoms with Crippen LogP contribution in [0.15, 0.2) is 30.3 Å². The standard InChI is InChI=1S/C12H15NO2/c14-10-13-9-5-4-8-12(13)15-11-6-2-1-3-7-11/h1-3,6-7,10,12H,4-5,8-9H2. The quantitative estimate of drug-likeness (QED) is 0.707. The van der Waals surface area contributed by atoms with Gasteiger partial charge in [-0.3, -0.25) is 4.79 Å². The molecule has 0 radical (unpaired) electrons. The fourth-order valence-corrected chi connectivity index (χ4v) is 1.83. The average Bonchev–Trinajstić information content (AvgIpc) is 2.31. The SMILES string of the molecule is O=CN1CCCCC1Oc1ccccc1. The highest BCUT2D eigenvalue weighted by atomic mass is 16.5. The number of rotatable bonds is 3. The van der Waals surface area contributed by atoms with Gasteiger partial charge in [-0.25, -0.2) is 0 Å². The highest BCUT2D eigenvalue weighted by Crippen LogP contribution is 2.19. The van der Waals surface area contributed by atoms with E-state index in [4.69, 9.17) is 4.74 Å². The first-order chi connectivity index (χ1) is 7.40. The molecule has 0 bridgehead atoms.